The number of carbonyl (C=O) groups is 2. The summed E-state index contributed by atoms with van der Waals surface area (Å²) in [5.41, 5.74) is 2.34. The lowest BCUT2D eigenvalue weighted by atomic mass is 9.84. The molecule has 2 heterocycles. The van der Waals surface area contributed by atoms with Gasteiger partial charge in [0.25, 0.3) is 0 Å². The quantitative estimate of drug-likeness (QED) is 0.263. The van der Waals surface area contributed by atoms with Crippen molar-refractivity contribution < 1.29 is 19.4 Å². The van der Waals surface area contributed by atoms with Crippen molar-refractivity contribution >= 4 is 35.0 Å². The van der Waals surface area contributed by atoms with Gasteiger partial charge in [0, 0.05) is 6.54 Å². The molecule has 0 saturated heterocycles. The third-order valence-electron chi connectivity index (χ3n) is 6.97. The maximum absolute atomic E-state index is 13.5. The fourth-order valence-electron chi connectivity index (χ4n) is 4.94. The molecule has 1 fully saturated rings. The van der Waals surface area contributed by atoms with Crippen LogP contribution in [-0.4, -0.2) is 49.3 Å². The van der Waals surface area contributed by atoms with E-state index in [1.54, 1.807) is 0 Å². The van der Waals surface area contributed by atoms with E-state index in [9.17, 15) is 14.7 Å². The minimum Gasteiger partial charge on any atom is -0.481 e. The Balaban J connectivity index is 1.69. The lowest BCUT2D eigenvalue weighted by molar-refractivity contribution is -0.136. The van der Waals surface area contributed by atoms with Gasteiger partial charge >= 0.3 is 12.1 Å². The van der Waals surface area contributed by atoms with Gasteiger partial charge in [0.15, 0.2) is 11.5 Å². The van der Waals surface area contributed by atoms with Crippen LogP contribution in [0.3, 0.4) is 0 Å². The van der Waals surface area contributed by atoms with Crippen LogP contribution in [0.15, 0.2) is 24.3 Å². The number of anilines is 2. The lowest BCUT2D eigenvalue weighted by Crippen LogP contribution is -2.37. The summed E-state index contributed by atoms with van der Waals surface area (Å²) in [6.45, 7) is 10.6. The standard InChI is InChI=1S/C30H42N6O4/c1-19(2)15-16-31-26-25-27(33-23(32-25)17-24(37)38)35-28(34-26)36(29(39)40-30(3,4)5)18-20-11-13-22(14-12-20)21-9-7-6-8-10-21/h11-14,19,21H,6-10,15-18H2,1-5H3,(H,37,38)(H2,31,32,33,34,35). The molecule has 3 N–H and O–H groups in total. The van der Waals surface area contributed by atoms with Crippen molar-refractivity contribution in [2.75, 3.05) is 16.8 Å². The molecule has 1 aliphatic rings. The van der Waals surface area contributed by atoms with Crippen LogP contribution in [0.25, 0.3) is 11.2 Å². The van der Waals surface area contributed by atoms with Crippen molar-refractivity contribution in [1.29, 1.82) is 0 Å². The fourth-order valence-corrected chi connectivity index (χ4v) is 4.94. The monoisotopic (exact) mass is 550 g/mol. The Kier molecular flexibility index (Phi) is 9.27. The predicted octanol–water partition coefficient (Wildman–Crippen LogP) is 6.43. The number of carboxylic acid groups (broad SMARTS) is 1. The number of rotatable bonds is 10. The fraction of sp³-hybridized carbons (Fsp3) is 0.567. The first kappa shape index (κ1) is 29.3. The van der Waals surface area contributed by atoms with Crippen molar-refractivity contribution in [3.63, 3.8) is 0 Å². The van der Waals surface area contributed by atoms with Gasteiger partial charge in [0.05, 0.1) is 6.54 Å². The average Bonchev–Trinajstić information content (AvgIpc) is 3.28. The van der Waals surface area contributed by atoms with Crippen LogP contribution >= 0.6 is 0 Å². The highest BCUT2D eigenvalue weighted by molar-refractivity contribution is 5.90. The van der Waals surface area contributed by atoms with E-state index < -0.39 is 17.7 Å². The van der Waals surface area contributed by atoms with Gasteiger partial charge < -0.3 is 20.1 Å². The third-order valence-corrected chi connectivity index (χ3v) is 6.97. The number of nitrogens with one attached hydrogen (secondary N) is 2. The highest BCUT2D eigenvalue weighted by Gasteiger charge is 2.28. The molecule has 1 aliphatic carbocycles. The van der Waals surface area contributed by atoms with Crippen LogP contribution in [0.1, 0.15) is 96.0 Å². The number of amides is 1. The number of aliphatic carboxylic acids is 1. The van der Waals surface area contributed by atoms with E-state index in [-0.39, 0.29) is 30.4 Å². The van der Waals surface area contributed by atoms with Gasteiger partial charge in [0.1, 0.15) is 23.4 Å². The normalized spacial score (nSPS) is 14.4. The van der Waals surface area contributed by atoms with Gasteiger partial charge in [0.2, 0.25) is 5.95 Å². The molecule has 1 amide bonds. The van der Waals surface area contributed by atoms with Crippen LogP contribution < -0.4 is 10.2 Å². The Labute approximate surface area is 236 Å². The predicted molar refractivity (Wildman–Crippen MR) is 156 cm³/mol. The second-order valence-electron chi connectivity index (χ2n) is 12.1. The van der Waals surface area contributed by atoms with Gasteiger partial charge in [-0.25, -0.2) is 14.7 Å². The number of imidazole rings is 1. The van der Waals surface area contributed by atoms with Crippen LogP contribution in [0.5, 0.6) is 0 Å². The van der Waals surface area contributed by atoms with Crippen molar-refractivity contribution in [3.05, 3.63) is 41.2 Å². The smallest absolute Gasteiger partial charge is 0.417 e. The van der Waals surface area contributed by atoms with Crippen molar-refractivity contribution in [2.45, 2.75) is 97.6 Å². The maximum atomic E-state index is 13.5. The largest absolute Gasteiger partial charge is 0.481 e. The number of fused-ring (bicyclic) bond motifs is 1. The zero-order valence-electron chi connectivity index (χ0n) is 24.3. The zero-order chi connectivity index (χ0) is 28.9. The van der Waals surface area contributed by atoms with E-state index >= 15 is 0 Å². The molecule has 0 atom stereocenters. The minimum atomic E-state index is -1.01. The molecule has 1 aromatic carbocycles. The molecule has 10 nitrogen and oxygen atoms in total. The Hall–Kier alpha value is -3.69. The zero-order valence-corrected chi connectivity index (χ0v) is 24.3. The molecule has 0 unspecified atom stereocenters. The Morgan fingerprint density at radius 3 is 2.42 bits per heavy atom. The molecule has 4 rings (SSSR count). The third kappa shape index (κ3) is 7.92. The summed E-state index contributed by atoms with van der Waals surface area (Å²) < 4.78 is 5.75. The van der Waals surface area contributed by atoms with Crippen LogP contribution in [0, 0.1) is 5.92 Å². The number of hydrogen-bond donors (Lipinski definition) is 3. The highest BCUT2D eigenvalue weighted by atomic mass is 16.6. The number of aromatic nitrogens is 4. The second-order valence-corrected chi connectivity index (χ2v) is 12.1. The molecule has 0 aliphatic heterocycles. The van der Waals surface area contributed by atoms with Crippen molar-refractivity contribution in [2.24, 2.45) is 5.92 Å². The average molecular weight is 551 g/mol. The number of H-pyrrole nitrogens is 1. The molecule has 10 heteroatoms. The van der Waals surface area contributed by atoms with Crippen molar-refractivity contribution in [1.82, 2.24) is 19.9 Å². The van der Waals surface area contributed by atoms with Gasteiger partial charge in [-0.15, -0.1) is 0 Å². The van der Waals surface area contributed by atoms with E-state index in [1.165, 1.54) is 42.6 Å². The van der Waals surface area contributed by atoms with Gasteiger partial charge in [-0.05, 0) is 63.0 Å². The van der Waals surface area contributed by atoms with E-state index in [1.807, 2.05) is 20.8 Å². The Bertz CT molecular complexity index is 1310. The maximum Gasteiger partial charge on any atom is 0.417 e. The van der Waals surface area contributed by atoms with Crippen molar-refractivity contribution in [3.8, 4) is 0 Å². The molecular formula is C30H42N6O4. The van der Waals surface area contributed by atoms with E-state index in [2.05, 4.69) is 58.4 Å². The van der Waals surface area contributed by atoms with Gasteiger partial charge in [-0.2, -0.15) is 9.97 Å². The number of benzene rings is 1. The molecule has 0 bridgehead atoms. The Morgan fingerprint density at radius 1 is 1.10 bits per heavy atom. The Morgan fingerprint density at radius 2 is 1.80 bits per heavy atom. The molecule has 40 heavy (non-hydrogen) atoms. The number of hydrogen-bond acceptors (Lipinski definition) is 7. The lowest BCUT2D eigenvalue weighted by Gasteiger charge is -2.27. The number of aromatic amines is 1. The molecule has 0 spiro atoms. The molecular weight excluding hydrogens is 508 g/mol. The molecule has 2 aromatic heterocycles. The number of nitrogens with zero attached hydrogens (tertiary/aromatic N) is 4. The first-order valence-corrected chi connectivity index (χ1v) is 14.3. The number of carbonyl (C=O) groups excluding carboxylic acids is 1. The van der Waals surface area contributed by atoms with Crippen LogP contribution in [-0.2, 0) is 22.5 Å². The van der Waals surface area contributed by atoms with Crippen LogP contribution in [0.2, 0.25) is 0 Å². The first-order valence-electron chi connectivity index (χ1n) is 14.3. The van der Waals surface area contributed by atoms with Gasteiger partial charge in [-0.1, -0.05) is 57.4 Å². The van der Waals surface area contributed by atoms with E-state index in [0.717, 1.165) is 12.0 Å². The summed E-state index contributed by atoms with van der Waals surface area (Å²) in [6.07, 6.45) is 6.35. The molecule has 0 radical (unpaired) electrons. The summed E-state index contributed by atoms with van der Waals surface area (Å²) in [4.78, 5) is 42.9. The SMILES string of the molecule is CC(C)CCNc1nc(N(Cc2ccc(C3CCCCC3)cc2)C(=O)OC(C)(C)C)nc2nc(CC(=O)O)[nH]c12. The summed E-state index contributed by atoms with van der Waals surface area (Å²) >= 11 is 0. The van der Waals surface area contributed by atoms with Gasteiger partial charge in [-0.3, -0.25) is 4.79 Å². The molecule has 3 aromatic rings. The molecule has 216 valence electrons. The summed E-state index contributed by atoms with van der Waals surface area (Å²) in [5.74, 6) is 0.930. The highest BCUT2D eigenvalue weighted by Crippen LogP contribution is 2.33. The van der Waals surface area contributed by atoms with Crippen LogP contribution in [0.4, 0.5) is 16.6 Å². The minimum absolute atomic E-state index is 0.138. The van der Waals surface area contributed by atoms with E-state index in [0.29, 0.717) is 29.7 Å². The van der Waals surface area contributed by atoms with E-state index in [4.69, 9.17) is 9.72 Å². The summed E-state index contributed by atoms with van der Waals surface area (Å²) in [6, 6.07) is 8.43. The summed E-state index contributed by atoms with van der Waals surface area (Å²) in [5, 5.41) is 12.6. The first-order chi connectivity index (χ1) is 19.0. The number of ether oxygens (including phenoxy) is 1. The number of carboxylic acids is 1. The molecule has 1 saturated carbocycles. The second kappa shape index (κ2) is 12.7. The summed E-state index contributed by atoms with van der Waals surface area (Å²) in [7, 11) is 0. The topological polar surface area (TPSA) is 133 Å².